The van der Waals surface area contributed by atoms with Gasteiger partial charge >= 0.3 is 0 Å². The molecule has 0 unspecified atom stereocenters. The Labute approximate surface area is 140 Å². The first kappa shape index (κ1) is 17.2. The molecule has 2 aromatic rings. The zero-order valence-corrected chi connectivity index (χ0v) is 14.0. The van der Waals surface area contributed by atoms with Crippen LogP contribution in [-0.2, 0) is 0 Å². The first-order valence-corrected chi connectivity index (χ1v) is 7.70. The van der Waals surface area contributed by atoms with Crippen LogP contribution in [0.3, 0.4) is 0 Å². The van der Waals surface area contributed by atoms with Crippen molar-refractivity contribution in [1.29, 1.82) is 0 Å². The van der Waals surface area contributed by atoms with E-state index in [1.807, 2.05) is 26.2 Å². The molecule has 6 nitrogen and oxygen atoms in total. The highest BCUT2D eigenvalue weighted by atomic mass is 35.5. The first-order valence-electron chi connectivity index (χ1n) is 7.32. The van der Waals surface area contributed by atoms with E-state index in [4.69, 9.17) is 11.6 Å². The number of aromatic nitrogens is 2. The topological polar surface area (TPSA) is 70.2 Å². The van der Waals surface area contributed by atoms with Crippen molar-refractivity contribution in [2.24, 2.45) is 0 Å². The molecule has 2 rings (SSSR count). The average Bonchev–Trinajstić information content (AvgIpc) is 2.52. The first-order chi connectivity index (χ1) is 11.0. The Kier molecular flexibility index (Phi) is 6.31. The van der Waals surface area contributed by atoms with Crippen LogP contribution >= 0.6 is 11.6 Å². The Balaban J connectivity index is 1.87. The van der Waals surface area contributed by atoms with Gasteiger partial charge in [0.2, 0.25) is 5.95 Å². The van der Waals surface area contributed by atoms with E-state index in [1.165, 1.54) is 12.4 Å². The number of nitrogens with one attached hydrogen (secondary N) is 2. The fourth-order valence-electron chi connectivity index (χ4n) is 1.90. The molecule has 1 heterocycles. The summed E-state index contributed by atoms with van der Waals surface area (Å²) in [7, 11) is 4.00. The lowest BCUT2D eigenvalue weighted by atomic mass is 10.3. The van der Waals surface area contributed by atoms with Crippen molar-refractivity contribution in [3.05, 3.63) is 47.2 Å². The Morgan fingerprint density at radius 2 is 2.00 bits per heavy atom. The zero-order valence-electron chi connectivity index (χ0n) is 13.2. The summed E-state index contributed by atoms with van der Waals surface area (Å²) in [5.74, 6) is 0.245. The monoisotopic (exact) mass is 333 g/mol. The highest BCUT2D eigenvalue weighted by molar-refractivity contribution is 6.30. The van der Waals surface area contributed by atoms with E-state index in [-0.39, 0.29) is 5.91 Å². The summed E-state index contributed by atoms with van der Waals surface area (Å²) >= 11 is 5.92. The van der Waals surface area contributed by atoms with Crippen LogP contribution in [0.15, 0.2) is 36.7 Å². The number of halogens is 1. The van der Waals surface area contributed by atoms with Gasteiger partial charge in [0, 0.05) is 29.6 Å². The lowest BCUT2D eigenvalue weighted by molar-refractivity contribution is 0.0951. The summed E-state index contributed by atoms with van der Waals surface area (Å²) < 4.78 is 0. The number of rotatable bonds is 7. The summed E-state index contributed by atoms with van der Waals surface area (Å²) in [6.45, 7) is 1.55. The maximum absolute atomic E-state index is 12.0. The lowest BCUT2D eigenvalue weighted by Gasteiger charge is -2.10. The van der Waals surface area contributed by atoms with Crippen molar-refractivity contribution < 1.29 is 4.79 Å². The normalized spacial score (nSPS) is 10.6. The third-order valence-corrected chi connectivity index (χ3v) is 3.30. The molecule has 23 heavy (non-hydrogen) atoms. The predicted octanol–water partition coefficient (Wildman–Crippen LogP) is 2.56. The van der Waals surface area contributed by atoms with Gasteiger partial charge in [-0.2, -0.15) is 0 Å². The SMILES string of the molecule is CN(C)CCCNC(=O)c1cnc(Nc2cccc(Cl)c2)nc1. The molecular weight excluding hydrogens is 314 g/mol. The molecule has 0 fully saturated rings. The highest BCUT2D eigenvalue weighted by Crippen LogP contribution is 2.17. The number of benzene rings is 1. The second kappa shape index (κ2) is 8.45. The number of amides is 1. The summed E-state index contributed by atoms with van der Waals surface area (Å²) in [6.07, 6.45) is 3.90. The zero-order chi connectivity index (χ0) is 16.7. The second-order valence-corrected chi connectivity index (χ2v) is 5.78. The van der Waals surface area contributed by atoms with Gasteiger partial charge < -0.3 is 15.5 Å². The summed E-state index contributed by atoms with van der Waals surface area (Å²) in [4.78, 5) is 22.3. The van der Waals surface area contributed by atoms with Crippen LogP contribution in [0.25, 0.3) is 0 Å². The van der Waals surface area contributed by atoms with Gasteiger partial charge in [0.15, 0.2) is 0 Å². The van der Waals surface area contributed by atoms with Gasteiger partial charge in [-0.3, -0.25) is 4.79 Å². The largest absolute Gasteiger partial charge is 0.352 e. The molecule has 0 saturated carbocycles. The van der Waals surface area contributed by atoms with Crippen molar-refractivity contribution in [3.63, 3.8) is 0 Å². The van der Waals surface area contributed by atoms with Crippen molar-refractivity contribution in [2.75, 3.05) is 32.5 Å². The summed E-state index contributed by atoms with van der Waals surface area (Å²) in [5, 5.41) is 6.51. The molecule has 2 N–H and O–H groups in total. The molecule has 1 amide bonds. The van der Waals surface area contributed by atoms with Gasteiger partial charge in [-0.25, -0.2) is 9.97 Å². The van der Waals surface area contributed by atoms with E-state index in [0.29, 0.717) is 23.1 Å². The molecule has 122 valence electrons. The van der Waals surface area contributed by atoms with Crippen LogP contribution in [-0.4, -0.2) is 48.0 Å². The minimum Gasteiger partial charge on any atom is -0.352 e. The molecule has 0 aliphatic carbocycles. The Morgan fingerprint density at radius 3 is 2.65 bits per heavy atom. The van der Waals surface area contributed by atoms with Gasteiger partial charge in [-0.1, -0.05) is 17.7 Å². The van der Waals surface area contributed by atoms with Crippen molar-refractivity contribution in [1.82, 2.24) is 20.2 Å². The Morgan fingerprint density at radius 1 is 1.26 bits per heavy atom. The van der Waals surface area contributed by atoms with E-state index in [0.717, 1.165) is 18.7 Å². The number of anilines is 2. The molecule has 0 aliphatic rings. The molecule has 0 atom stereocenters. The van der Waals surface area contributed by atoms with Gasteiger partial charge in [0.25, 0.3) is 5.91 Å². The number of carbonyl (C=O) groups excluding carboxylic acids is 1. The summed E-state index contributed by atoms with van der Waals surface area (Å²) in [6, 6.07) is 7.26. The van der Waals surface area contributed by atoms with Crippen LogP contribution in [0, 0.1) is 0 Å². The van der Waals surface area contributed by atoms with Crippen LogP contribution in [0.2, 0.25) is 5.02 Å². The maximum Gasteiger partial charge on any atom is 0.254 e. The smallest absolute Gasteiger partial charge is 0.254 e. The third-order valence-electron chi connectivity index (χ3n) is 3.06. The van der Waals surface area contributed by atoms with Crippen LogP contribution < -0.4 is 10.6 Å². The minimum absolute atomic E-state index is 0.168. The standard InChI is InChI=1S/C16H20ClN5O/c1-22(2)8-4-7-18-15(23)12-10-19-16(20-11-12)21-14-6-3-5-13(17)9-14/h3,5-6,9-11H,4,7-8H2,1-2H3,(H,18,23)(H,19,20,21). The van der Waals surface area contributed by atoms with Crippen molar-refractivity contribution in [3.8, 4) is 0 Å². The quantitative estimate of drug-likeness (QED) is 0.762. The Bertz CT molecular complexity index is 645. The van der Waals surface area contributed by atoms with E-state index in [2.05, 4.69) is 25.5 Å². The van der Waals surface area contributed by atoms with Gasteiger partial charge in [0.1, 0.15) is 0 Å². The maximum atomic E-state index is 12.0. The van der Waals surface area contributed by atoms with Crippen molar-refractivity contribution >= 4 is 29.1 Å². The lowest BCUT2D eigenvalue weighted by Crippen LogP contribution is -2.27. The second-order valence-electron chi connectivity index (χ2n) is 5.34. The van der Waals surface area contributed by atoms with E-state index in [9.17, 15) is 4.79 Å². The highest BCUT2D eigenvalue weighted by Gasteiger charge is 2.07. The molecule has 1 aromatic carbocycles. The molecule has 0 bridgehead atoms. The van der Waals surface area contributed by atoms with Crippen LogP contribution in [0.5, 0.6) is 0 Å². The summed E-state index contributed by atoms with van der Waals surface area (Å²) in [5.41, 5.74) is 1.23. The van der Waals surface area contributed by atoms with Crippen molar-refractivity contribution in [2.45, 2.75) is 6.42 Å². The Hall–Kier alpha value is -2.18. The number of hydrogen-bond donors (Lipinski definition) is 2. The molecule has 0 radical (unpaired) electrons. The third kappa shape index (κ3) is 5.84. The van der Waals surface area contributed by atoms with Gasteiger partial charge in [-0.15, -0.1) is 0 Å². The minimum atomic E-state index is -0.168. The molecule has 0 spiro atoms. The molecular formula is C16H20ClN5O. The number of carbonyl (C=O) groups is 1. The van der Waals surface area contributed by atoms with E-state index < -0.39 is 0 Å². The van der Waals surface area contributed by atoms with E-state index in [1.54, 1.807) is 12.1 Å². The molecule has 0 saturated heterocycles. The molecule has 1 aromatic heterocycles. The fraction of sp³-hybridized carbons (Fsp3) is 0.312. The molecule has 0 aliphatic heterocycles. The number of hydrogen-bond acceptors (Lipinski definition) is 5. The van der Waals surface area contributed by atoms with Gasteiger partial charge in [-0.05, 0) is 45.3 Å². The fourth-order valence-corrected chi connectivity index (χ4v) is 2.09. The predicted molar refractivity (Wildman–Crippen MR) is 92.3 cm³/mol. The van der Waals surface area contributed by atoms with E-state index >= 15 is 0 Å². The molecule has 7 heteroatoms. The van der Waals surface area contributed by atoms with Crippen LogP contribution in [0.4, 0.5) is 11.6 Å². The van der Waals surface area contributed by atoms with Crippen LogP contribution in [0.1, 0.15) is 16.8 Å². The average molecular weight is 334 g/mol. The van der Waals surface area contributed by atoms with Gasteiger partial charge in [0.05, 0.1) is 5.56 Å². The number of nitrogens with zero attached hydrogens (tertiary/aromatic N) is 3.